The van der Waals surface area contributed by atoms with Crippen molar-refractivity contribution >= 4 is 48.4 Å². The highest BCUT2D eigenvalue weighted by atomic mass is 127. The van der Waals surface area contributed by atoms with E-state index in [4.69, 9.17) is 0 Å². The highest BCUT2D eigenvalue weighted by Gasteiger charge is 2.41. The van der Waals surface area contributed by atoms with E-state index >= 15 is 0 Å². The number of sulfone groups is 1. The Kier molecular flexibility index (Phi) is 4.37. The van der Waals surface area contributed by atoms with Gasteiger partial charge in [-0.25, -0.2) is 21.1 Å². The van der Waals surface area contributed by atoms with E-state index in [1.54, 1.807) is 6.07 Å². The Hall–Kier alpha value is -0.680. The lowest BCUT2D eigenvalue weighted by atomic mass is 10.2. The van der Waals surface area contributed by atoms with Crippen molar-refractivity contribution in [2.75, 3.05) is 12.3 Å². The summed E-state index contributed by atoms with van der Waals surface area (Å²) in [5.41, 5.74) is 0.101. The van der Waals surface area contributed by atoms with Gasteiger partial charge in [0.2, 0.25) is 0 Å². The number of halogens is 1. The summed E-state index contributed by atoms with van der Waals surface area (Å²) in [6, 6.07) is 4.46. The molecule has 1 amide bonds. The number of sulfonamides is 1. The molecule has 0 N–H and O–H groups in total. The Labute approximate surface area is 137 Å². The lowest BCUT2D eigenvalue weighted by Crippen LogP contribution is -2.35. The van der Waals surface area contributed by atoms with Crippen molar-refractivity contribution in [3.05, 3.63) is 27.3 Å². The van der Waals surface area contributed by atoms with Gasteiger partial charge in [-0.1, -0.05) is 0 Å². The molecule has 0 saturated carbocycles. The molecule has 0 unspecified atom stereocenters. The molecule has 0 bridgehead atoms. The number of rotatable bonds is 4. The number of nitrogens with zero attached hydrogens (tertiary/aromatic N) is 1. The van der Waals surface area contributed by atoms with Gasteiger partial charge in [0.05, 0.1) is 23.1 Å². The number of hydrogen-bond donors (Lipinski definition) is 0. The van der Waals surface area contributed by atoms with Crippen molar-refractivity contribution in [2.24, 2.45) is 0 Å². The minimum absolute atomic E-state index is 0.0603. The van der Waals surface area contributed by atoms with Crippen LogP contribution < -0.4 is 0 Å². The van der Waals surface area contributed by atoms with Gasteiger partial charge in [0.15, 0.2) is 9.84 Å². The molecular formula is C12H14INO5S2. The fourth-order valence-electron chi connectivity index (χ4n) is 1.92. The highest BCUT2D eigenvalue weighted by molar-refractivity contribution is 14.1. The molecule has 0 atom stereocenters. The van der Waals surface area contributed by atoms with Crippen LogP contribution in [0.5, 0.6) is 0 Å². The number of carbonyl (C=O) groups is 1. The summed E-state index contributed by atoms with van der Waals surface area (Å²) in [5.74, 6) is -1.04. The van der Waals surface area contributed by atoms with Crippen molar-refractivity contribution in [1.29, 1.82) is 0 Å². The molecule has 1 aromatic carbocycles. The number of carbonyl (C=O) groups excluding carboxylic acids is 1. The molecule has 2 rings (SSSR count). The molecule has 0 radical (unpaired) electrons. The zero-order valence-electron chi connectivity index (χ0n) is 11.4. The van der Waals surface area contributed by atoms with E-state index in [2.05, 4.69) is 0 Å². The first kappa shape index (κ1) is 16.7. The minimum atomic E-state index is -3.94. The summed E-state index contributed by atoms with van der Waals surface area (Å²) in [5, 5.41) is -0.610. The van der Waals surface area contributed by atoms with E-state index in [-0.39, 0.29) is 22.8 Å². The molecule has 21 heavy (non-hydrogen) atoms. The van der Waals surface area contributed by atoms with Crippen LogP contribution in [0, 0.1) is 3.57 Å². The van der Waals surface area contributed by atoms with E-state index in [1.165, 1.54) is 26.0 Å². The molecular weight excluding hydrogens is 429 g/mol. The second-order valence-corrected chi connectivity index (χ2v) is 10.7. The second-order valence-electron chi connectivity index (χ2n) is 4.94. The van der Waals surface area contributed by atoms with Gasteiger partial charge in [-0.3, -0.25) is 4.79 Å². The summed E-state index contributed by atoms with van der Waals surface area (Å²) >= 11 is 1.98. The summed E-state index contributed by atoms with van der Waals surface area (Å²) < 4.78 is 49.6. The largest absolute Gasteiger partial charge is 0.269 e. The molecule has 6 nitrogen and oxygen atoms in total. The first-order valence-electron chi connectivity index (χ1n) is 6.15. The SMILES string of the molecule is CC(C)S(=O)(=O)CCN1C(=O)c2cc(I)ccc2S1(=O)=O. The quantitative estimate of drug-likeness (QED) is 0.654. The average molecular weight is 443 g/mol. The van der Waals surface area contributed by atoms with Crippen LogP contribution in [0.2, 0.25) is 0 Å². The van der Waals surface area contributed by atoms with Crippen LogP contribution >= 0.6 is 22.6 Å². The van der Waals surface area contributed by atoms with Crippen LogP contribution in [0.3, 0.4) is 0 Å². The minimum Gasteiger partial charge on any atom is -0.268 e. The topological polar surface area (TPSA) is 88.6 Å². The van der Waals surface area contributed by atoms with Crippen LogP contribution in [0.4, 0.5) is 0 Å². The van der Waals surface area contributed by atoms with Gasteiger partial charge in [0.1, 0.15) is 4.90 Å². The zero-order valence-corrected chi connectivity index (χ0v) is 15.2. The summed E-state index contributed by atoms with van der Waals surface area (Å²) in [6.07, 6.45) is 0. The van der Waals surface area contributed by atoms with E-state index in [0.29, 0.717) is 4.31 Å². The van der Waals surface area contributed by atoms with E-state index in [0.717, 1.165) is 3.57 Å². The number of benzene rings is 1. The van der Waals surface area contributed by atoms with Crippen LogP contribution in [0.1, 0.15) is 24.2 Å². The van der Waals surface area contributed by atoms with Crippen molar-refractivity contribution in [3.63, 3.8) is 0 Å². The third kappa shape index (κ3) is 2.95. The summed E-state index contributed by atoms with van der Waals surface area (Å²) in [4.78, 5) is 12.1. The smallest absolute Gasteiger partial charge is 0.268 e. The molecule has 116 valence electrons. The normalized spacial score (nSPS) is 17.3. The van der Waals surface area contributed by atoms with E-state index < -0.39 is 31.0 Å². The maximum atomic E-state index is 12.3. The molecule has 0 fully saturated rings. The van der Waals surface area contributed by atoms with Gasteiger partial charge < -0.3 is 0 Å². The summed E-state index contributed by atoms with van der Waals surface area (Å²) in [7, 11) is -7.36. The number of fused-ring (bicyclic) bond motifs is 1. The average Bonchev–Trinajstić information content (AvgIpc) is 2.55. The number of amides is 1. The Morgan fingerprint density at radius 1 is 1.29 bits per heavy atom. The third-order valence-electron chi connectivity index (χ3n) is 3.26. The fourth-order valence-corrected chi connectivity index (χ4v) is 4.99. The number of hydrogen-bond acceptors (Lipinski definition) is 5. The molecule has 1 aliphatic rings. The van der Waals surface area contributed by atoms with Crippen LogP contribution in [0.25, 0.3) is 0 Å². The van der Waals surface area contributed by atoms with Crippen LogP contribution in [-0.4, -0.2) is 44.6 Å². The second kappa shape index (κ2) is 5.51. The van der Waals surface area contributed by atoms with Gasteiger partial charge in [0.25, 0.3) is 15.9 Å². The Balaban J connectivity index is 2.35. The van der Waals surface area contributed by atoms with Gasteiger partial charge in [-0.15, -0.1) is 0 Å². The predicted octanol–water partition coefficient (Wildman–Crippen LogP) is 1.26. The van der Waals surface area contributed by atoms with Crippen molar-refractivity contribution in [2.45, 2.75) is 24.0 Å². The lowest BCUT2D eigenvalue weighted by molar-refractivity contribution is 0.0876. The maximum Gasteiger partial charge on any atom is 0.269 e. The molecule has 1 heterocycles. The first-order valence-corrected chi connectivity index (χ1v) is 10.4. The Morgan fingerprint density at radius 2 is 1.90 bits per heavy atom. The lowest BCUT2D eigenvalue weighted by Gasteiger charge is -2.16. The van der Waals surface area contributed by atoms with Crippen LogP contribution in [0.15, 0.2) is 23.1 Å². The van der Waals surface area contributed by atoms with Crippen LogP contribution in [-0.2, 0) is 19.9 Å². The van der Waals surface area contributed by atoms with Crippen molar-refractivity contribution in [1.82, 2.24) is 4.31 Å². The van der Waals surface area contributed by atoms with E-state index in [9.17, 15) is 21.6 Å². The molecule has 1 aromatic rings. The van der Waals surface area contributed by atoms with Crippen molar-refractivity contribution < 1.29 is 21.6 Å². The third-order valence-corrected chi connectivity index (χ3v) is 7.96. The van der Waals surface area contributed by atoms with Gasteiger partial charge in [-0.2, -0.15) is 0 Å². The van der Waals surface area contributed by atoms with E-state index in [1.807, 2.05) is 22.6 Å². The Morgan fingerprint density at radius 3 is 2.48 bits per heavy atom. The highest BCUT2D eigenvalue weighted by Crippen LogP contribution is 2.31. The molecule has 0 aromatic heterocycles. The monoisotopic (exact) mass is 443 g/mol. The molecule has 0 aliphatic carbocycles. The van der Waals surface area contributed by atoms with Gasteiger partial charge in [0, 0.05) is 3.57 Å². The fraction of sp³-hybridized carbons (Fsp3) is 0.417. The van der Waals surface area contributed by atoms with Crippen molar-refractivity contribution in [3.8, 4) is 0 Å². The molecule has 0 saturated heterocycles. The first-order chi connectivity index (χ1) is 9.57. The Bertz CT molecular complexity index is 799. The summed E-state index contributed by atoms with van der Waals surface area (Å²) in [6.45, 7) is 2.69. The maximum absolute atomic E-state index is 12.3. The predicted molar refractivity (Wildman–Crippen MR) is 86.3 cm³/mol. The molecule has 9 heteroatoms. The van der Waals surface area contributed by atoms with Gasteiger partial charge in [-0.05, 0) is 54.6 Å². The van der Waals surface area contributed by atoms with Gasteiger partial charge >= 0.3 is 0 Å². The molecule has 1 aliphatic heterocycles. The zero-order chi connectivity index (χ0) is 16.0. The molecule has 0 spiro atoms. The standard InChI is InChI=1S/C12H14INO5S2/c1-8(2)20(16,17)6-5-14-12(15)10-7-9(13)3-4-11(10)21(14,18)19/h3-4,7-8H,5-6H2,1-2H3.